The number of para-hydroxylation sites is 1. The molecular formula is C27H27NO5. The third kappa shape index (κ3) is 6.07. The molecule has 0 unspecified atom stereocenters. The van der Waals surface area contributed by atoms with Crippen molar-refractivity contribution < 1.29 is 19.2 Å². The van der Waals surface area contributed by atoms with Crippen molar-refractivity contribution >= 4 is 17.5 Å². The summed E-state index contributed by atoms with van der Waals surface area (Å²) in [5, 5.41) is 11.2. The van der Waals surface area contributed by atoms with Gasteiger partial charge >= 0.3 is 0 Å². The molecule has 33 heavy (non-hydrogen) atoms. The zero-order valence-corrected chi connectivity index (χ0v) is 19.2. The van der Waals surface area contributed by atoms with Crippen LogP contribution in [0.1, 0.15) is 47.8 Å². The van der Waals surface area contributed by atoms with Crippen molar-refractivity contribution in [1.29, 1.82) is 0 Å². The van der Waals surface area contributed by atoms with Gasteiger partial charge in [-0.25, -0.2) is 0 Å². The molecule has 3 aromatic rings. The SMILES string of the molecule is COc1ccc(/C=C/C(=O)c2ccccc2[N+](=O)[O-])cc1COc1ccc(C(C)(C)C)cc1. The third-order valence-electron chi connectivity index (χ3n) is 5.21. The molecule has 0 spiro atoms. The zero-order chi connectivity index (χ0) is 24.0. The molecule has 6 heteroatoms. The van der Waals surface area contributed by atoms with Crippen LogP contribution in [-0.2, 0) is 12.0 Å². The third-order valence-corrected chi connectivity index (χ3v) is 5.21. The topological polar surface area (TPSA) is 78.7 Å². The second kappa shape index (κ2) is 10.1. The van der Waals surface area contributed by atoms with Gasteiger partial charge < -0.3 is 9.47 Å². The molecule has 0 saturated carbocycles. The van der Waals surface area contributed by atoms with E-state index in [1.54, 1.807) is 25.3 Å². The molecular weight excluding hydrogens is 418 g/mol. The summed E-state index contributed by atoms with van der Waals surface area (Å²) in [6.07, 6.45) is 2.96. The average Bonchev–Trinajstić information content (AvgIpc) is 2.80. The fourth-order valence-corrected chi connectivity index (χ4v) is 3.33. The standard InChI is InChI=1S/C27H27NO5/c1-27(2,3)21-11-13-22(14-12-21)33-18-20-17-19(10-16-26(20)32-4)9-15-25(29)23-7-5-6-8-24(23)28(30)31/h5-17H,18H2,1-4H3/b15-9+. The van der Waals surface area contributed by atoms with E-state index >= 15 is 0 Å². The Labute approximate surface area is 193 Å². The molecule has 0 N–H and O–H groups in total. The van der Waals surface area contributed by atoms with Crippen molar-refractivity contribution in [3.63, 3.8) is 0 Å². The van der Waals surface area contributed by atoms with E-state index in [0.717, 1.165) is 16.9 Å². The monoisotopic (exact) mass is 445 g/mol. The van der Waals surface area contributed by atoms with Crippen molar-refractivity contribution in [1.82, 2.24) is 0 Å². The molecule has 0 radical (unpaired) electrons. The van der Waals surface area contributed by atoms with Gasteiger partial charge in [-0.1, -0.05) is 57.2 Å². The molecule has 3 aromatic carbocycles. The van der Waals surface area contributed by atoms with Gasteiger partial charge in [-0.3, -0.25) is 14.9 Å². The highest BCUT2D eigenvalue weighted by molar-refractivity contribution is 6.09. The zero-order valence-electron chi connectivity index (χ0n) is 19.2. The molecule has 0 fully saturated rings. The van der Waals surface area contributed by atoms with E-state index in [1.165, 1.54) is 29.8 Å². The fraction of sp³-hybridized carbons (Fsp3) is 0.222. The Hall–Kier alpha value is -3.93. The predicted molar refractivity (Wildman–Crippen MR) is 129 cm³/mol. The highest BCUT2D eigenvalue weighted by Gasteiger charge is 2.17. The smallest absolute Gasteiger partial charge is 0.280 e. The number of nitro groups is 1. The lowest BCUT2D eigenvalue weighted by molar-refractivity contribution is -0.385. The first-order valence-electron chi connectivity index (χ1n) is 10.5. The van der Waals surface area contributed by atoms with Gasteiger partial charge in [-0.05, 0) is 52.9 Å². The van der Waals surface area contributed by atoms with Gasteiger partial charge in [-0.2, -0.15) is 0 Å². The number of nitrogens with zero attached hydrogens (tertiary/aromatic N) is 1. The summed E-state index contributed by atoms with van der Waals surface area (Å²) in [6, 6.07) is 19.4. The van der Waals surface area contributed by atoms with Gasteiger partial charge in [0.2, 0.25) is 0 Å². The molecule has 0 aliphatic heterocycles. The van der Waals surface area contributed by atoms with E-state index in [9.17, 15) is 14.9 Å². The van der Waals surface area contributed by atoms with E-state index in [2.05, 4.69) is 32.9 Å². The first kappa shape index (κ1) is 23.7. The highest BCUT2D eigenvalue weighted by atomic mass is 16.6. The first-order valence-corrected chi connectivity index (χ1v) is 10.5. The summed E-state index contributed by atoms with van der Waals surface area (Å²) >= 11 is 0. The number of benzene rings is 3. The Bertz CT molecular complexity index is 1170. The lowest BCUT2D eigenvalue weighted by Gasteiger charge is -2.19. The van der Waals surface area contributed by atoms with Gasteiger partial charge in [0.25, 0.3) is 5.69 Å². The minimum Gasteiger partial charge on any atom is -0.496 e. The molecule has 0 saturated heterocycles. The minimum atomic E-state index is -0.558. The summed E-state index contributed by atoms with van der Waals surface area (Å²) in [4.78, 5) is 23.1. The minimum absolute atomic E-state index is 0.0505. The van der Waals surface area contributed by atoms with E-state index in [4.69, 9.17) is 9.47 Å². The fourth-order valence-electron chi connectivity index (χ4n) is 3.33. The van der Waals surface area contributed by atoms with Crippen molar-refractivity contribution in [2.75, 3.05) is 7.11 Å². The summed E-state index contributed by atoms with van der Waals surface area (Å²) < 4.78 is 11.4. The molecule has 170 valence electrons. The maximum Gasteiger partial charge on any atom is 0.280 e. The largest absolute Gasteiger partial charge is 0.496 e. The molecule has 0 atom stereocenters. The van der Waals surface area contributed by atoms with E-state index in [0.29, 0.717) is 5.75 Å². The van der Waals surface area contributed by atoms with Crippen LogP contribution in [0.5, 0.6) is 11.5 Å². The van der Waals surface area contributed by atoms with Crippen molar-refractivity contribution in [3.8, 4) is 11.5 Å². The van der Waals surface area contributed by atoms with Gasteiger partial charge in [0.1, 0.15) is 18.1 Å². The number of ether oxygens (including phenoxy) is 2. The van der Waals surface area contributed by atoms with Crippen LogP contribution in [0.4, 0.5) is 5.69 Å². The number of carbonyl (C=O) groups excluding carboxylic acids is 1. The van der Waals surface area contributed by atoms with Crippen molar-refractivity contribution in [3.05, 3.63) is 105 Å². The van der Waals surface area contributed by atoms with Gasteiger partial charge in [0, 0.05) is 11.6 Å². The van der Waals surface area contributed by atoms with E-state index in [1.807, 2.05) is 24.3 Å². The average molecular weight is 446 g/mol. The Kier molecular flexibility index (Phi) is 7.28. The summed E-state index contributed by atoms with van der Waals surface area (Å²) in [6.45, 7) is 6.77. The van der Waals surface area contributed by atoms with Crippen LogP contribution in [0.15, 0.2) is 72.8 Å². The van der Waals surface area contributed by atoms with Crippen LogP contribution in [0.3, 0.4) is 0 Å². The summed E-state index contributed by atoms with van der Waals surface area (Å²) in [7, 11) is 1.59. The predicted octanol–water partition coefficient (Wildman–Crippen LogP) is 6.38. The quantitative estimate of drug-likeness (QED) is 0.174. The van der Waals surface area contributed by atoms with Crippen LogP contribution < -0.4 is 9.47 Å². The molecule has 0 aromatic heterocycles. The molecule has 0 heterocycles. The molecule has 0 bridgehead atoms. The number of methoxy groups -OCH3 is 1. The Balaban J connectivity index is 1.75. The maximum absolute atomic E-state index is 12.5. The number of hydrogen-bond donors (Lipinski definition) is 0. The van der Waals surface area contributed by atoms with Crippen LogP contribution in [0, 0.1) is 10.1 Å². The number of allylic oxidation sites excluding steroid dienone is 1. The first-order chi connectivity index (χ1) is 15.7. The molecule has 0 aliphatic carbocycles. The number of carbonyl (C=O) groups is 1. The molecule has 6 nitrogen and oxygen atoms in total. The second-order valence-corrected chi connectivity index (χ2v) is 8.61. The van der Waals surface area contributed by atoms with Crippen molar-refractivity contribution in [2.45, 2.75) is 32.8 Å². The van der Waals surface area contributed by atoms with Crippen molar-refractivity contribution in [2.24, 2.45) is 0 Å². The lowest BCUT2D eigenvalue weighted by atomic mass is 9.87. The number of nitro benzene ring substituents is 1. The van der Waals surface area contributed by atoms with Gasteiger partial charge in [0.15, 0.2) is 5.78 Å². The van der Waals surface area contributed by atoms with E-state index < -0.39 is 10.7 Å². The van der Waals surface area contributed by atoms with Crippen LogP contribution >= 0.6 is 0 Å². The normalized spacial score (nSPS) is 11.4. The van der Waals surface area contributed by atoms with Gasteiger partial charge in [-0.15, -0.1) is 0 Å². The van der Waals surface area contributed by atoms with Crippen LogP contribution in [0.2, 0.25) is 0 Å². The number of rotatable bonds is 8. The Morgan fingerprint density at radius 1 is 1.03 bits per heavy atom. The van der Waals surface area contributed by atoms with Crippen LogP contribution in [-0.4, -0.2) is 17.8 Å². The molecule has 0 aliphatic rings. The molecule has 0 amide bonds. The summed E-state index contributed by atoms with van der Waals surface area (Å²) in [5.41, 5.74) is 2.70. The van der Waals surface area contributed by atoms with Crippen LogP contribution in [0.25, 0.3) is 6.08 Å². The lowest BCUT2D eigenvalue weighted by Crippen LogP contribution is -2.10. The number of ketones is 1. The second-order valence-electron chi connectivity index (χ2n) is 8.61. The Morgan fingerprint density at radius 2 is 1.73 bits per heavy atom. The van der Waals surface area contributed by atoms with E-state index in [-0.39, 0.29) is 23.3 Å². The summed E-state index contributed by atoms with van der Waals surface area (Å²) in [5.74, 6) is 0.982. The maximum atomic E-state index is 12.5. The highest BCUT2D eigenvalue weighted by Crippen LogP contribution is 2.26. The molecule has 3 rings (SSSR count). The number of hydrogen-bond acceptors (Lipinski definition) is 5. The van der Waals surface area contributed by atoms with Gasteiger partial charge in [0.05, 0.1) is 17.6 Å². The Morgan fingerprint density at radius 3 is 2.36 bits per heavy atom.